The van der Waals surface area contributed by atoms with E-state index >= 15 is 0 Å². The first kappa shape index (κ1) is 15.0. The van der Waals surface area contributed by atoms with E-state index in [0.717, 1.165) is 22.0 Å². The van der Waals surface area contributed by atoms with Crippen LogP contribution in [0.2, 0.25) is 0 Å². The molecule has 5 heteroatoms. The third-order valence-electron chi connectivity index (χ3n) is 4.43. The number of fused-ring (bicyclic) bond motifs is 3. The van der Waals surface area contributed by atoms with E-state index in [9.17, 15) is 9.59 Å². The van der Waals surface area contributed by atoms with Crippen molar-refractivity contribution < 1.29 is 14.0 Å². The molecule has 1 aliphatic heterocycles. The molecule has 0 radical (unpaired) electrons. The Balaban J connectivity index is 1.82. The number of carbonyl (C=O) groups is 2. The lowest BCUT2D eigenvalue weighted by Gasteiger charge is -2.16. The molecule has 0 aliphatic carbocycles. The zero-order valence-electron chi connectivity index (χ0n) is 12.7. The highest BCUT2D eigenvalue weighted by atomic mass is 35.5. The highest BCUT2D eigenvalue weighted by Gasteiger charge is 2.34. The van der Waals surface area contributed by atoms with Gasteiger partial charge in [-0.3, -0.25) is 9.59 Å². The lowest BCUT2D eigenvalue weighted by Crippen LogP contribution is -2.29. The summed E-state index contributed by atoms with van der Waals surface area (Å²) >= 11 is 6.17. The summed E-state index contributed by atoms with van der Waals surface area (Å²) in [4.78, 5) is 25.3. The Bertz CT molecular complexity index is 947. The molecule has 4 rings (SSSR count). The van der Waals surface area contributed by atoms with Gasteiger partial charge in [-0.1, -0.05) is 30.3 Å². The van der Waals surface area contributed by atoms with Crippen molar-refractivity contribution in [3.8, 4) is 0 Å². The number of rotatable bonds is 3. The first-order valence-corrected chi connectivity index (χ1v) is 8.21. The number of benzene rings is 2. The molecule has 2 heterocycles. The number of furan rings is 1. The van der Waals surface area contributed by atoms with Gasteiger partial charge in [-0.2, -0.15) is 0 Å². The molecule has 0 spiro atoms. The van der Waals surface area contributed by atoms with Crippen LogP contribution >= 0.6 is 11.6 Å². The fourth-order valence-electron chi connectivity index (χ4n) is 3.34. The quantitative estimate of drug-likeness (QED) is 0.530. The zero-order chi connectivity index (χ0) is 16.7. The molecule has 0 N–H and O–H groups in total. The Hall–Kier alpha value is -2.59. The number of carbonyl (C=O) groups excluding carboxylic acids is 2. The lowest BCUT2D eigenvalue weighted by atomic mass is 9.96. The van der Waals surface area contributed by atoms with E-state index < -0.39 is 0 Å². The average Bonchev–Trinajstić information content (AvgIpc) is 3.25. The van der Waals surface area contributed by atoms with Gasteiger partial charge in [0.05, 0.1) is 0 Å². The fourth-order valence-corrected chi connectivity index (χ4v) is 3.59. The minimum Gasteiger partial charge on any atom is -0.448 e. The SMILES string of the molecule is O=Cc1ccc(C(=O)N2CC(CCl)c3c2ccc2ccccc32)o1. The van der Waals surface area contributed by atoms with Crippen LogP contribution in [0.5, 0.6) is 0 Å². The summed E-state index contributed by atoms with van der Waals surface area (Å²) < 4.78 is 5.29. The van der Waals surface area contributed by atoms with E-state index in [4.69, 9.17) is 16.0 Å². The van der Waals surface area contributed by atoms with Gasteiger partial charge in [-0.05, 0) is 34.5 Å². The van der Waals surface area contributed by atoms with Gasteiger partial charge < -0.3 is 9.32 Å². The standard InChI is InChI=1S/C19H14ClNO3/c20-9-13-10-21(19(23)17-8-6-14(11-22)24-17)16-7-5-12-3-1-2-4-15(12)18(13)16/h1-8,11,13H,9-10H2. The van der Waals surface area contributed by atoms with Crippen LogP contribution in [0.25, 0.3) is 10.8 Å². The van der Waals surface area contributed by atoms with Crippen molar-refractivity contribution in [2.45, 2.75) is 5.92 Å². The van der Waals surface area contributed by atoms with Gasteiger partial charge in [0.15, 0.2) is 17.8 Å². The summed E-state index contributed by atoms with van der Waals surface area (Å²) in [5, 5.41) is 2.24. The van der Waals surface area contributed by atoms with Gasteiger partial charge >= 0.3 is 0 Å². The number of amides is 1. The zero-order valence-corrected chi connectivity index (χ0v) is 13.5. The Morgan fingerprint density at radius 2 is 2.04 bits per heavy atom. The van der Waals surface area contributed by atoms with E-state index in [-0.39, 0.29) is 23.3 Å². The summed E-state index contributed by atoms with van der Waals surface area (Å²) in [6, 6.07) is 15.1. The van der Waals surface area contributed by atoms with Crippen LogP contribution in [0.15, 0.2) is 52.9 Å². The first-order chi connectivity index (χ1) is 11.7. The summed E-state index contributed by atoms with van der Waals surface area (Å²) in [5.74, 6) is 0.545. The van der Waals surface area contributed by atoms with Gasteiger partial charge in [0.25, 0.3) is 5.91 Å². The minimum atomic E-state index is -0.257. The lowest BCUT2D eigenvalue weighted by molar-refractivity contribution is 0.0958. The van der Waals surface area contributed by atoms with Crippen LogP contribution in [0, 0.1) is 0 Å². The number of alkyl halides is 1. The van der Waals surface area contributed by atoms with Gasteiger partial charge in [0.1, 0.15) is 0 Å². The maximum absolute atomic E-state index is 12.8. The largest absolute Gasteiger partial charge is 0.448 e. The highest BCUT2D eigenvalue weighted by Crippen LogP contribution is 2.42. The number of hydrogen-bond acceptors (Lipinski definition) is 3. The molecule has 0 saturated carbocycles. The molecule has 1 aromatic heterocycles. The Labute approximate surface area is 143 Å². The molecule has 1 atom stereocenters. The molecule has 0 saturated heterocycles. The molecule has 0 bridgehead atoms. The predicted octanol–water partition coefficient (Wildman–Crippen LogP) is 4.23. The maximum Gasteiger partial charge on any atom is 0.294 e. The topological polar surface area (TPSA) is 50.5 Å². The van der Waals surface area contributed by atoms with Crippen molar-refractivity contribution in [2.24, 2.45) is 0 Å². The molecule has 3 aromatic rings. The van der Waals surface area contributed by atoms with E-state index in [1.165, 1.54) is 12.1 Å². The van der Waals surface area contributed by atoms with E-state index in [1.807, 2.05) is 30.3 Å². The summed E-state index contributed by atoms with van der Waals surface area (Å²) in [7, 11) is 0. The van der Waals surface area contributed by atoms with Crippen LogP contribution in [0.4, 0.5) is 5.69 Å². The third kappa shape index (κ3) is 2.22. The van der Waals surface area contributed by atoms with Crippen molar-refractivity contribution in [3.63, 3.8) is 0 Å². The molecule has 2 aromatic carbocycles. The third-order valence-corrected chi connectivity index (χ3v) is 4.81. The summed E-state index contributed by atoms with van der Waals surface area (Å²) in [6.07, 6.45) is 0.587. The van der Waals surface area contributed by atoms with Crippen molar-refractivity contribution in [1.29, 1.82) is 0 Å². The van der Waals surface area contributed by atoms with Gasteiger partial charge in [0, 0.05) is 24.0 Å². The molecule has 1 aliphatic rings. The van der Waals surface area contributed by atoms with Crippen molar-refractivity contribution in [3.05, 3.63) is 65.6 Å². The second-order valence-corrected chi connectivity index (χ2v) is 6.11. The second kappa shape index (κ2) is 5.80. The maximum atomic E-state index is 12.8. The summed E-state index contributed by atoms with van der Waals surface area (Å²) in [6.45, 7) is 0.503. The second-order valence-electron chi connectivity index (χ2n) is 5.81. The van der Waals surface area contributed by atoms with Crippen LogP contribution in [-0.2, 0) is 0 Å². The van der Waals surface area contributed by atoms with Crippen molar-refractivity contribution in [2.75, 3.05) is 17.3 Å². The van der Waals surface area contributed by atoms with Crippen molar-refractivity contribution in [1.82, 2.24) is 0 Å². The Morgan fingerprint density at radius 3 is 2.79 bits per heavy atom. The van der Waals surface area contributed by atoms with Gasteiger partial charge in [0.2, 0.25) is 0 Å². The number of aldehydes is 1. The van der Waals surface area contributed by atoms with Crippen LogP contribution < -0.4 is 4.90 Å². The van der Waals surface area contributed by atoms with E-state index in [1.54, 1.807) is 4.90 Å². The van der Waals surface area contributed by atoms with E-state index in [2.05, 4.69) is 6.07 Å². The minimum absolute atomic E-state index is 0.0669. The molecule has 4 nitrogen and oxygen atoms in total. The predicted molar refractivity (Wildman–Crippen MR) is 93.2 cm³/mol. The normalized spacial score (nSPS) is 16.4. The number of anilines is 1. The molecule has 1 unspecified atom stereocenters. The van der Waals surface area contributed by atoms with Crippen molar-refractivity contribution >= 4 is 40.3 Å². The number of halogens is 1. The first-order valence-electron chi connectivity index (χ1n) is 7.67. The molecule has 24 heavy (non-hydrogen) atoms. The van der Waals surface area contributed by atoms with Gasteiger partial charge in [-0.25, -0.2) is 0 Å². The Kier molecular flexibility index (Phi) is 3.62. The molecular weight excluding hydrogens is 326 g/mol. The molecule has 120 valence electrons. The van der Waals surface area contributed by atoms with Crippen LogP contribution in [0.3, 0.4) is 0 Å². The smallest absolute Gasteiger partial charge is 0.294 e. The molecule has 0 fully saturated rings. The van der Waals surface area contributed by atoms with Crippen LogP contribution in [-0.4, -0.2) is 24.6 Å². The molecule has 1 amide bonds. The van der Waals surface area contributed by atoms with Crippen LogP contribution in [0.1, 0.15) is 32.6 Å². The summed E-state index contributed by atoms with van der Waals surface area (Å²) in [5.41, 5.74) is 1.95. The number of hydrogen-bond donors (Lipinski definition) is 0. The van der Waals surface area contributed by atoms with Gasteiger partial charge in [-0.15, -0.1) is 11.6 Å². The fraction of sp³-hybridized carbons (Fsp3) is 0.158. The monoisotopic (exact) mass is 339 g/mol. The number of nitrogens with zero attached hydrogens (tertiary/aromatic N) is 1. The van der Waals surface area contributed by atoms with E-state index in [0.29, 0.717) is 18.7 Å². The highest BCUT2D eigenvalue weighted by molar-refractivity contribution is 6.19. The molecular formula is C19H14ClNO3. The average molecular weight is 340 g/mol. The Morgan fingerprint density at radius 1 is 1.21 bits per heavy atom.